The van der Waals surface area contributed by atoms with Crippen LogP contribution in [0.4, 0.5) is 4.39 Å². The lowest BCUT2D eigenvalue weighted by Crippen LogP contribution is -2.55. The molecular weight excluding hydrogens is 393 g/mol. The Kier molecular flexibility index (Phi) is 6.76. The van der Waals surface area contributed by atoms with Crippen LogP contribution < -0.4 is 15.8 Å². The average Bonchev–Trinajstić information content (AvgIpc) is 2.70. The summed E-state index contributed by atoms with van der Waals surface area (Å²) in [7, 11) is 0. The lowest BCUT2D eigenvalue weighted by molar-refractivity contribution is -0.132. The minimum Gasteiger partial charge on any atom is -0.457 e. The van der Waals surface area contributed by atoms with Crippen molar-refractivity contribution >= 4 is 23.6 Å². The van der Waals surface area contributed by atoms with Gasteiger partial charge in [-0.15, -0.1) is 0 Å². The Hall–Kier alpha value is -2.58. The highest BCUT2D eigenvalue weighted by Crippen LogP contribution is 2.26. The molecule has 2 aromatic rings. The van der Waals surface area contributed by atoms with E-state index in [0.717, 1.165) is 24.6 Å². The molecule has 0 saturated carbocycles. The van der Waals surface area contributed by atoms with Gasteiger partial charge in [0.05, 0.1) is 6.54 Å². The van der Waals surface area contributed by atoms with Gasteiger partial charge in [-0.25, -0.2) is 4.39 Å². The van der Waals surface area contributed by atoms with E-state index in [1.165, 1.54) is 24.3 Å². The van der Waals surface area contributed by atoms with Gasteiger partial charge in [-0.1, -0.05) is 12.1 Å². The Labute approximate surface area is 173 Å². The van der Waals surface area contributed by atoms with Crippen LogP contribution in [-0.4, -0.2) is 47.9 Å². The van der Waals surface area contributed by atoms with Gasteiger partial charge in [0.2, 0.25) is 11.8 Å². The molecule has 1 aliphatic rings. The topological polar surface area (TPSA) is 84.7 Å². The Morgan fingerprint density at radius 1 is 1.10 bits per heavy atom. The van der Waals surface area contributed by atoms with E-state index in [2.05, 4.69) is 10.2 Å². The van der Waals surface area contributed by atoms with Gasteiger partial charge in [-0.2, -0.15) is 11.8 Å². The Balaban J connectivity index is 1.69. The summed E-state index contributed by atoms with van der Waals surface area (Å²) in [6.07, 6.45) is 0. The molecule has 0 bridgehead atoms. The quantitative estimate of drug-likeness (QED) is 0.723. The van der Waals surface area contributed by atoms with Crippen molar-refractivity contribution in [2.45, 2.75) is 12.5 Å². The number of benzene rings is 2. The second-order valence-corrected chi connectivity index (χ2v) is 8.23. The van der Waals surface area contributed by atoms with Crippen LogP contribution in [0.1, 0.15) is 12.5 Å². The van der Waals surface area contributed by atoms with E-state index in [0.29, 0.717) is 17.1 Å². The van der Waals surface area contributed by atoms with Gasteiger partial charge >= 0.3 is 0 Å². The molecule has 2 amide bonds. The average molecular weight is 418 g/mol. The lowest BCUT2D eigenvalue weighted by atomic mass is 9.91. The summed E-state index contributed by atoms with van der Waals surface area (Å²) in [5, 5.41) is 2.79. The number of thioether (sulfide) groups is 1. The van der Waals surface area contributed by atoms with E-state index in [9.17, 15) is 14.0 Å². The van der Waals surface area contributed by atoms with E-state index < -0.39 is 11.4 Å². The van der Waals surface area contributed by atoms with Crippen LogP contribution in [0.2, 0.25) is 0 Å². The summed E-state index contributed by atoms with van der Waals surface area (Å²) in [6, 6.07) is 12.4. The molecule has 29 heavy (non-hydrogen) atoms. The fourth-order valence-electron chi connectivity index (χ4n) is 3.05. The number of hydrogen-bond acceptors (Lipinski definition) is 5. The van der Waals surface area contributed by atoms with Gasteiger partial charge in [-0.05, 0) is 48.9 Å². The molecule has 3 N–H and O–H groups in total. The standard InChI is InChI=1S/C21H24FN3O3S/c1-21(20(23)27,24-19(26)14-25-10-12-29-13-11-25)15-2-6-17(7-3-15)28-18-8-4-16(22)5-9-18/h2-9H,10-14H2,1H3,(H2,23,27)(H,24,26). The zero-order chi connectivity index (χ0) is 20.9. The molecule has 1 aliphatic heterocycles. The van der Waals surface area contributed by atoms with Crippen molar-refractivity contribution in [3.05, 3.63) is 59.9 Å². The van der Waals surface area contributed by atoms with E-state index in [1.807, 2.05) is 11.8 Å². The fraction of sp³-hybridized carbons (Fsp3) is 0.333. The number of nitrogens with two attached hydrogens (primary N) is 1. The van der Waals surface area contributed by atoms with Crippen LogP contribution in [0.15, 0.2) is 48.5 Å². The van der Waals surface area contributed by atoms with Gasteiger partial charge in [0, 0.05) is 24.6 Å². The molecule has 154 valence electrons. The summed E-state index contributed by atoms with van der Waals surface area (Å²) in [4.78, 5) is 26.8. The predicted molar refractivity (Wildman–Crippen MR) is 111 cm³/mol. The number of carbonyl (C=O) groups excluding carboxylic acids is 2. The largest absolute Gasteiger partial charge is 0.457 e. The van der Waals surface area contributed by atoms with E-state index >= 15 is 0 Å². The number of amides is 2. The van der Waals surface area contributed by atoms with E-state index in [4.69, 9.17) is 10.5 Å². The van der Waals surface area contributed by atoms with Crippen molar-refractivity contribution in [2.75, 3.05) is 31.1 Å². The molecule has 0 aliphatic carbocycles. The van der Waals surface area contributed by atoms with Crippen molar-refractivity contribution in [1.29, 1.82) is 0 Å². The molecule has 1 heterocycles. The van der Waals surface area contributed by atoms with Crippen molar-refractivity contribution in [3.8, 4) is 11.5 Å². The highest BCUT2D eigenvalue weighted by atomic mass is 32.2. The molecule has 1 unspecified atom stereocenters. The van der Waals surface area contributed by atoms with E-state index in [1.54, 1.807) is 31.2 Å². The molecule has 0 radical (unpaired) electrons. The van der Waals surface area contributed by atoms with Gasteiger partial charge < -0.3 is 15.8 Å². The maximum Gasteiger partial charge on any atom is 0.247 e. The first kappa shape index (κ1) is 21.1. The monoisotopic (exact) mass is 417 g/mol. The van der Waals surface area contributed by atoms with Crippen LogP contribution in [-0.2, 0) is 15.1 Å². The Morgan fingerprint density at radius 3 is 2.21 bits per heavy atom. The summed E-state index contributed by atoms with van der Waals surface area (Å²) in [5.74, 6) is 1.77. The number of hydrogen-bond donors (Lipinski definition) is 2. The summed E-state index contributed by atoms with van der Waals surface area (Å²) < 4.78 is 18.7. The first-order chi connectivity index (χ1) is 13.9. The normalized spacial score (nSPS) is 16.6. The molecule has 8 heteroatoms. The zero-order valence-corrected chi connectivity index (χ0v) is 17.0. The van der Waals surface area contributed by atoms with Gasteiger partial charge in [0.1, 0.15) is 22.9 Å². The third-order valence-electron chi connectivity index (χ3n) is 4.83. The first-order valence-electron chi connectivity index (χ1n) is 9.32. The number of nitrogens with one attached hydrogen (secondary N) is 1. The van der Waals surface area contributed by atoms with E-state index in [-0.39, 0.29) is 18.3 Å². The number of carbonyl (C=O) groups is 2. The van der Waals surface area contributed by atoms with Crippen molar-refractivity contribution in [3.63, 3.8) is 0 Å². The number of halogens is 1. The van der Waals surface area contributed by atoms with Crippen molar-refractivity contribution < 1.29 is 18.7 Å². The second-order valence-electron chi connectivity index (χ2n) is 7.01. The van der Waals surface area contributed by atoms with Gasteiger partial charge in [0.15, 0.2) is 0 Å². The van der Waals surface area contributed by atoms with Crippen LogP contribution in [0.25, 0.3) is 0 Å². The summed E-state index contributed by atoms with van der Waals surface area (Å²) >= 11 is 1.87. The second kappa shape index (κ2) is 9.28. The van der Waals surface area contributed by atoms with Crippen LogP contribution in [0, 0.1) is 5.82 Å². The maximum absolute atomic E-state index is 13.0. The highest BCUT2D eigenvalue weighted by Gasteiger charge is 2.35. The molecule has 3 rings (SSSR count). The molecular formula is C21H24FN3O3S. The van der Waals surface area contributed by atoms with Crippen LogP contribution >= 0.6 is 11.8 Å². The number of ether oxygens (including phenoxy) is 1. The molecule has 0 aromatic heterocycles. The number of primary amides is 1. The summed E-state index contributed by atoms with van der Waals surface area (Å²) in [6.45, 7) is 3.52. The molecule has 0 spiro atoms. The minimum absolute atomic E-state index is 0.231. The maximum atomic E-state index is 13.0. The zero-order valence-electron chi connectivity index (χ0n) is 16.2. The first-order valence-corrected chi connectivity index (χ1v) is 10.5. The Bertz CT molecular complexity index is 854. The third-order valence-corrected chi connectivity index (χ3v) is 5.78. The van der Waals surface area contributed by atoms with Gasteiger partial charge in [0.25, 0.3) is 0 Å². The molecule has 2 aromatic carbocycles. The smallest absolute Gasteiger partial charge is 0.247 e. The molecule has 1 atom stereocenters. The lowest BCUT2D eigenvalue weighted by Gasteiger charge is -2.31. The van der Waals surface area contributed by atoms with Gasteiger partial charge in [-0.3, -0.25) is 14.5 Å². The van der Waals surface area contributed by atoms with Crippen molar-refractivity contribution in [2.24, 2.45) is 5.73 Å². The van der Waals surface area contributed by atoms with Crippen molar-refractivity contribution in [1.82, 2.24) is 10.2 Å². The van der Waals surface area contributed by atoms with Crippen LogP contribution in [0.3, 0.4) is 0 Å². The number of rotatable bonds is 7. The molecule has 1 fully saturated rings. The third kappa shape index (κ3) is 5.48. The summed E-state index contributed by atoms with van der Waals surface area (Å²) in [5.41, 5.74) is 4.84. The fourth-order valence-corrected chi connectivity index (χ4v) is 4.03. The molecule has 1 saturated heterocycles. The Morgan fingerprint density at radius 2 is 1.66 bits per heavy atom. The van der Waals surface area contributed by atoms with Crippen LogP contribution in [0.5, 0.6) is 11.5 Å². The molecule has 6 nitrogen and oxygen atoms in total. The predicted octanol–water partition coefficient (Wildman–Crippen LogP) is 2.48. The minimum atomic E-state index is -1.34. The highest BCUT2D eigenvalue weighted by molar-refractivity contribution is 7.99. The number of nitrogens with zero attached hydrogens (tertiary/aromatic N) is 1. The SMILES string of the molecule is CC(NC(=O)CN1CCSCC1)(C(N)=O)c1ccc(Oc2ccc(F)cc2)cc1.